The maximum absolute atomic E-state index is 10.7. The van der Waals surface area contributed by atoms with Crippen LogP contribution in [0.15, 0.2) is 0 Å². The Kier molecular flexibility index (Phi) is 6.56. The van der Waals surface area contributed by atoms with Gasteiger partial charge in [-0.25, -0.2) is 0 Å². The molecule has 2 N–H and O–H groups in total. The highest BCUT2D eigenvalue weighted by atomic mass is 16.4. The molecule has 1 saturated carbocycles. The van der Waals surface area contributed by atoms with Crippen molar-refractivity contribution in [3.8, 4) is 0 Å². The maximum atomic E-state index is 10.7. The molecule has 0 spiro atoms. The van der Waals surface area contributed by atoms with Crippen LogP contribution in [0.3, 0.4) is 0 Å². The van der Waals surface area contributed by atoms with E-state index in [0.717, 1.165) is 31.6 Å². The summed E-state index contributed by atoms with van der Waals surface area (Å²) in [6, 6.07) is 0. The van der Waals surface area contributed by atoms with Gasteiger partial charge in [-0.2, -0.15) is 0 Å². The lowest BCUT2D eigenvalue weighted by atomic mass is 9.75. The van der Waals surface area contributed by atoms with Gasteiger partial charge in [0, 0.05) is 6.61 Å². The Morgan fingerprint density at radius 2 is 1.82 bits per heavy atom. The summed E-state index contributed by atoms with van der Waals surface area (Å²) in [5, 5.41) is 17.9. The van der Waals surface area contributed by atoms with E-state index in [1.54, 1.807) is 6.92 Å². The van der Waals surface area contributed by atoms with Gasteiger partial charge in [-0.15, -0.1) is 0 Å². The van der Waals surface area contributed by atoms with Crippen molar-refractivity contribution in [2.24, 2.45) is 17.8 Å². The lowest BCUT2D eigenvalue weighted by Crippen LogP contribution is -2.21. The van der Waals surface area contributed by atoms with Crippen LogP contribution in [0.1, 0.15) is 58.3 Å². The van der Waals surface area contributed by atoms with E-state index >= 15 is 0 Å². The second kappa shape index (κ2) is 7.70. The first-order chi connectivity index (χ1) is 8.15. The van der Waals surface area contributed by atoms with E-state index in [9.17, 15) is 4.79 Å². The minimum absolute atomic E-state index is 0.213. The van der Waals surface area contributed by atoms with Crippen LogP contribution in [0.5, 0.6) is 0 Å². The highest BCUT2D eigenvalue weighted by Crippen LogP contribution is 2.35. The minimum atomic E-state index is -0.680. The maximum Gasteiger partial charge on any atom is 0.306 e. The van der Waals surface area contributed by atoms with Crippen LogP contribution in [-0.2, 0) is 4.79 Å². The molecule has 100 valence electrons. The van der Waals surface area contributed by atoms with E-state index in [1.807, 2.05) is 0 Å². The second-order valence-corrected chi connectivity index (χ2v) is 5.49. The number of hydrogen-bond donors (Lipinski definition) is 2. The molecule has 0 heterocycles. The summed E-state index contributed by atoms with van der Waals surface area (Å²) in [4.78, 5) is 10.7. The first-order valence-electron chi connectivity index (χ1n) is 6.98. The molecule has 0 aliphatic heterocycles. The van der Waals surface area contributed by atoms with E-state index in [4.69, 9.17) is 10.2 Å². The fourth-order valence-corrected chi connectivity index (χ4v) is 3.02. The van der Waals surface area contributed by atoms with Gasteiger partial charge in [0.25, 0.3) is 0 Å². The van der Waals surface area contributed by atoms with Gasteiger partial charge in [0.1, 0.15) is 0 Å². The van der Waals surface area contributed by atoms with Crippen LogP contribution >= 0.6 is 0 Å². The molecule has 3 unspecified atom stereocenters. The first-order valence-corrected chi connectivity index (χ1v) is 6.98. The lowest BCUT2D eigenvalue weighted by Gasteiger charge is -2.31. The zero-order chi connectivity index (χ0) is 12.7. The summed E-state index contributed by atoms with van der Waals surface area (Å²) in [5.41, 5.74) is 0. The van der Waals surface area contributed by atoms with Gasteiger partial charge in [-0.1, -0.05) is 45.4 Å². The smallest absolute Gasteiger partial charge is 0.306 e. The van der Waals surface area contributed by atoms with Crippen molar-refractivity contribution in [1.29, 1.82) is 0 Å². The average Bonchev–Trinajstić information content (AvgIpc) is 2.31. The molecule has 0 amide bonds. The van der Waals surface area contributed by atoms with Crippen LogP contribution in [-0.4, -0.2) is 22.8 Å². The Morgan fingerprint density at radius 1 is 1.24 bits per heavy atom. The van der Waals surface area contributed by atoms with Crippen molar-refractivity contribution in [3.05, 3.63) is 0 Å². The molecular weight excluding hydrogens is 216 g/mol. The number of hydrogen-bond acceptors (Lipinski definition) is 2. The van der Waals surface area contributed by atoms with E-state index in [-0.39, 0.29) is 5.92 Å². The van der Waals surface area contributed by atoms with Gasteiger partial charge >= 0.3 is 5.97 Å². The number of carboxylic acid groups (broad SMARTS) is 1. The van der Waals surface area contributed by atoms with Gasteiger partial charge in [-0.3, -0.25) is 4.79 Å². The second-order valence-electron chi connectivity index (χ2n) is 5.49. The molecule has 3 heteroatoms. The molecule has 3 nitrogen and oxygen atoms in total. The van der Waals surface area contributed by atoms with Crippen LogP contribution in [0, 0.1) is 17.8 Å². The predicted molar refractivity (Wildman–Crippen MR) is 67.8 cm³/mol. The molecule has 0 aromatic carbocycles. The summed E-state index contributed by atoms with van der Waals surface area (Å²) < 4.78 is 0. The van der Waals surface area contributed by atoms with Crippen molar-refractivity contribution in [1.82, 2.24) is 0 Å². The number of aliphatic hydroxyl groups excluding tert-OH is 1. The molecule has 1 aliphatic carbocycles. The molecule has 0 aromatic heterocycles. The summed E-state index contributed by atoms with van der Waals surface area (Å²) in [5.74, 6) is 0.501. The van der Waals surface area contributed by atoms with E-state index < -0.39 is 5.97 Å². The van der Waals surface area contributed by atoms with Crippen molar-refractivity contribution in [2.45, 2.75) is 58.3 Å². The van der Waals surface area contributed by atoms with Crippen molar-refractivity contribution < 1.29 is 15.0 Å². The Bertz CT molecular complexity index is 226. The van der Waals surface area contributed by atoms with E-state index in [1.165, 1.54) is 25.7 Å². The Morgan fingerprint density at radius 3 is 2.35 bits per heavy atom. The zero-order valence-electron chi connectivity index (χ0n) is 10.9. The lowest BCUT2D eigenvalue weighted by molar-refractivity contribution is -0.141. The fraction of sp³-hybridized carbons (Fsp3) is 0.929. The summed E-state index contributed by atoms with van der Waals surface area (Å²) in [6.45, 7) is 2.08. The SMILES string of the molecule is CC(CCCC1CCCCC1CCO)C(=O)O. The zero-order valence-corrected chi connectivity index (χ0v) is 10.9. The van der Waals surface area contributed by atoms with E-state index in [0.29, 0.717) is 12.5 Å². The van der Waals surface area contributed by atoms with Crippen molar-refractivity contribution in [3.63, 3.8) is 0 Å². The van der Waals surface area contributed by atoms with Crippen molar-refractivity contribution in [2.75, 3.05) is 6.61 Å². The molecule has 0 aromatic rings. The summed E-state index contributed by atoms with van der Waals surface area (Å²) >= 11 is 0. The van der Waals surface area contributed by atoms with Crippen LogP contribution in [0.4, 0.5) is 0 Å². The van der Waals surface area contributed by atoms with Gasteiger partial charge in [0.2, 0.25) is 0 Å². The van der Waals surface area contributed by atoms with Crippen molar-refractivity contribution >= 4 is 5.97 Å². The molecule has 17 heavy (non-hydrogen) atoms. The Hall–Kier alpha value is -0.570. The molecule has 0 radical (unpaired) electrons. The average molecular weight is 242 g/mol. The van der Waals surface area contributed by atoms with Gasteiger partial charge in [0.05, 0.1) is 5.92 Å². The molecule has 0 saturated heterocycles. The Balaban J connectivity index is 2.25. The quantitative estimate of drug-likeness (QED) is 0.721. The summed E-state index contributed by atoms with van der Waals surface area (Å²) in [7, 11) is 0. The number of rotatable bonds is 7. The number of aliphatic carboxylic acids is 1. The molecule has 0 bridgehead atoms. The third-order valence-corrected chi connectivity index (χ3v) is 4.20. The number of carboxylic acids is 1. The van der Waals surface area contributed by atoms with Gasteiger partial charge in [-0.05, 0) is 24.7 Å². The first kappa shape index (κ1) is 14.5. The van der Waals surface area contributed by atoms with E-state index in [2.05, 4.69) is 0 Å². The summed E-state index contributed by atoms with van der Waals surface area (Å²) in [6.07, 6.45) is 9.00. The standard InChI is InChI=1S/C14H26O3/c1-11(14(16)17)5-4-8-12-6-2-3-7-13(12)9-10-15/h11-13,15H,2-10H2,1H3,(H,16,17). The van der Waals surface area contributed by atoms with Crippen LogP contribution < -0.4 is 0 Å². The topological polar surface area (TPSA) is 57.5 Å². The van der Waals surface area contributed by atoms with Gasteiger partial charge < -0.3 is 10.2 Å². The van der Waals surface area contributed by atoms with Crippen LogP contribution in [0.25, 0.3) is 0 Å². The number of carbonyl (C=O) groups is 1. The largest absolute Gasteiger partial charge is 0.481 e. The third-order valence-electron chi connectivity index (χ3n) is 4.20. The molecule has 1 rings (SSSR count). The monoisotopic (exact) mass is 242 g/mol. The molecular formula is C14H26O3. The molecule has 1 aliphatic rings. The highest BCUT2D eigenvalue weighted by molar-refractivity contribution is 5.69. The highest BCUT2D eigenvalue weighted by Gasteiger charge is 2.24. The third kappa shape index (κ3) is 5.07. The minimum Gasteiger partial charge on any atom is -0.481 e. The fourth-order valence-electron chi connectivity index (χ4n) is 3.02. The predicted octanol–water partition coefficient (Wildman–Crippen LogP) is 3.07. The Labute approximate surface area is 104 Å². The molecule has 1 fully saturated rings. The molecule has 3 atom stereocenters. The number of aliphatic hydroxyl groups is 1. The van der Waals surface area contributed by atoms with Crippen LogP contribution in [0.2, 0.25) is 0 Å². The normalized spacial score (nSPS) is 26.7. The van der Waals surface area contributed by atoms with Gasteiger partial charge in [0.15, 0.2) is 0 Å².